The summed E-state index contributed by atoms with van der Waals surface area (Å²) < 4.78 is 0. The maximum absolute atomic E-state index is 12.4. The van der Waals surface area contributed by atoms with Crippen molar-refractivity contribution >= 4 is 18.3 Å². The van der Waals surface area contributed by atoms with E-state index in [1.54, 1.807) is 0 Å². The lowest BCUT2D eigenvalue weighted by atomic mass is 9.64. The zero-order valence-electron chi connectivity index (χ0n) is 16.3. The molecule has 2 saturated carbocycles. The second-order valence-electron chi connectivity index (χ2n) is 8.24. The van der Waals surface area contributed by atoms with Crippen molar-refractivity contribution in [3.05, 3.63) is 0 Å². The van der Waals surface area contributed by atoms with Gasteiger partial charge in [-0.05, 0) is 76.0 Å². The summed E-state index contributed by atoms with van der Waals surface area (Å²) in [6.45, 7) is 16.0. The summed E-state index contributed by atoms with van der Waals surface area (Å²) in [7, 11) is 0. The second kappa shape index (κ2) is 8.86. The molecule has 4 nitrogen and oxygen atoms in total. The molecule has 2 bridgehead atoms. The van der Waals surface area contributed by atoms with Crippen LogP contribution in [0.2, 0.25) is 0 Å². The third-order valence-electron chi connectivity index (χ3n) is 7.02. The molecule has 0 aromatic heterocycles. The van der Waals surface area contributed by atoms with E-state index in [0.717, 1.165) is 38.5 Å². The minimum Gasteiger partial charge on any atom is -0.349 e. The van der Waals surface area contributed by atoms with Crippen molar-refractivity contribution in [1.29, 1.82) is 0 Å². The molecule has 0 radical (unpaired) electrons. The first-order valence-corrected chi connectivity index (χ1v) is 9.59. The fourth-order valence-corrected chi connectivity index (χ4v) is 4.88. The number of rotatable bonds is 9. The van der Waals surface area contributed by atoms with Gasteiger partial charge in [0.15, 0.2) is 0 Å². The Bertz CT molecular complexity index is 411. The summed E-state index contributed by atoms with van der Waals surface area (Å²) >= 11 is 0. The highest BCUT2D eigenvalue weighted by Gasteiger charge is 2.60. The van der Waals surface area contributed by atoms with E-state index >= 15 is 0 Å². The first-order chi connectivity index (χ1) is 10.8. The highest BCUT2D eigenvalue weighted by molar-refractivity contribution is 5.85. The van der Waals surface area contributed by atoms with E-state index < -0.39 is 0 Å². The zero-order chi connectivity index (χ0) is 17.1. The molecule has 0 spiro atoms. The van der Waals surface area contributed by atoms with Crippen molar-refractivity contribution in [2.75, 3.05) is 32.7 Å². The van der Waals surface area contributed by atoms with Crippen molar-refractivity contribution in [2.24, 2.45) is 17.3 Å². The van der Waals surface area contributed by atoms with Crippen LogP contribution >= 0.6 is 12.4 Å². The van der Waals surface area contributed by atoms with E-state index in [4.69, 9.17) is 0 Å². The molecule has 5 heteroatoms. The predicted octanol–water partition coefficient (Wildman–Crippen LogP) is 3.06. The first-order valence-electron chi connectivity index (χ1n) is 9.59. The third-order valence-corrected chi connectivity index (χ3v) is 7.02. The predicted molar refractivity (Wildman–Crippen MR) is 104 cm³/mol. The molecule has 2 rings (SSSR count). The Morgan fingerprint density at radius 2 is 1.75 bits per heavy atom. The lowest BCUT2D eigenvalue weighted by Crippen LogP contribution is -2.60. The van der Waals surface area contributed by atoms with Gasteiger partial charge in [-0.15, -0.1) is 12.4 Å². The maximum atomic E-state index is 12.4. The Labute approximate surface area is 154 Å². The Hall–Kier alpha value is -0.320. The third kappa shape index (κ3) is 4.25. The normalized spacial score (nSPS) is 30.4. The Morgan fingerprint density at radius 3 is 2.29 bits per heavy atom. The van der Waals surface area contributed by atoms with E-state index in [2.05, 4.69) is 50.2 Å². The van der Waals surface area contributed by atoms with Gasteiger partial charge in [-0.1, -0.05) is 27.7 Å². The van der Waals surface area contributed by atoms with Gasteiger partial charge in [-0.2, -0.15) is 0 Å². The van der Waals surface area contributed by atoms with Crippen LogP contribution in [0, 0.1) is 17.3 Å². The summed E-state index contributed by atoms with van der Waals surface area (Å²) in [5.41, 5.74) is 0.185. The molecule has 2 N–H and O–H groups in total. The van der Waals surface area contributed by atoms with Gasteiger partial charge in [-0.25, -0.2) is 0 Å². The van der Waals surface area contributed by atoms with E-state index in [1.807, 2.05) is 0 Å². The van der Waals surface area contributed by atoms with Gasteiger partial charge < -0.3 is 15.5 Å². The molecule has 0 aliphatic heterocycles. The van der Waals surface area contributed by atoms with Gasteiger partial charge in [-0.3, -0.25) is 4.79 Å². The number of carbonyl (C=O) groups excluding carboxylic acids is 1. The summed E-state index contributed by atoms with van der Waals surface area (Å²) in [5.74, 6) is 1.60. The molecule has 0 aromatic rings. The molecule has 2 aliphatic carbocycles. The minimum atomic E-state index is -0.0318. The van der Waals surface area contributed by atoms with Crippen LogP contribution in [-0.4, -0.2) is 49.1 Å². The van der Waals surface area contributed by atoms with Crippen LogP contribution in [0.5, 0.6) is 0 Å². The highest BCUT2D eigenvalue weighted by atomic mass is 35.5. The molecule has 3 atom stereocenters. The number of hydrogen-bond donors (Lipinski definition) is 2. The topological polar surface area (TPSA) is 44.4 Å². The lowest BCUT2D eigenvalue weighted by Gasteiger charge is -2.48. The van der Waals surface area contributed by atoms with Crippen LogP contribution in [0.1, 0.15) is 60.3 Å². The van der Waals surface area contributed by atoms with Gasteiger partial charge in [0.1, 0.15) is 0 Å². The van der Waals surface area contributed by atoms with E-state index in [-0.39, 0.29) is 29.3 Å². The Morgan fingerprint density at radius 1 is 1.12 bits per heavy atom. The second-order valence-corrected chi connectivity index (χ2v) is 8.24. The maximum Gasteiger partial charge on any atom is 0.234 e. The van der Waals surface area contributed by atoms with Crippen molar-refractivity contribution in [3.63, 3.8) is 0 Å². The number of carbonyl (C=O) groups is 1. The average Bonchev–Trinajstić information content (AvgIpc) is 3.06. The molecule has 0 saturated heterocycles. The number of amides is 1. The summed E-state index contributed by atoms with van der Waals surface area (Å²) in [6, 6.07) is 0. The van der Waals surface area contributed by atoms with E-state index in [1.165, 1.54) is 19.3 Å². The first kappa shape index (κ1) is 21.7. The largest absolute Gasteiger partial charge is 0.349 e. The van der Waals surface area contributed by atoms with Crippen molar-refractivity contribution in [1.82, 2.24) is 15.5 Å². The number of halogens is 1. The fourth-order valence-electron chi connectivity index (χ4n) is 4.88. The van der Waals surface area contributed by atoms with Crippen molar-refractivity contribution < 1.29 is 4.79 Å². The lowest BCUT2D eigenvalue weighted by molar-refractivity contribution is -0.124. The van der Waals surface area contributed by atoms with Crippen molar-refractivity contribution in [2.45, 2.75) is 65.8 Å². The molecular formula is C19H38ClN3O. The monoisotopic (exact) mass is 359 g/mol. The van der Waals surface area contributed by atoms with Crippen LogP contribution in [0.4, 0.5) is 0 Å². The van der Waals surface area contributed by atoms with Crippen LogP contribution in [-0.2, 0) is 4.79 Å². The van der Waals surface area contributed by atoms with Crippen LogP contribution in [0.25, 0.3) is 0 Å². The van der Waals surface area contributed by atoms with Gasteiger partial charge in [0.25, 0.3) is 0 Å². The molecule has 24 heavy (non-hydrogen) atoms. The fraction of sp³-hybridized carbons (Fsp3) is 0.947. The molecular weight excluding hydrogens is 322 g/mol. The number of hydrogen-bond acceptors (Lipinski definition) is 3. The molecule has 0 aromatic carbocycles. The SMILES string of the molecule is CCN(CC)CCCNCC(=O)NC1(C)C2CCC(C2)C1(C)C.Cl. The summed E-state index contributed by atoms with van der Waals surface area (Å²) in [5, 5.41) is 6.70. The summed E-state index contributed by atoms with van der Waals surface area (Å²) in [4.78, 5) is 14.8. The number of nitrogens with zero attached hydrogens (tertiary/aromatic N) is 1. The van der Waals surface area contributed by atoms with Gasteiger partial charge in [0.05, 0.1) is 6.54 Å². The number of fused-ring (bicyclic) bond motifs is 2. The van der Waals surface area contributed by atoms with Crippen LogP contribution in [0.15, 0.2) is 0 Å². The smallest absolute Gasteiger partial charge is 0.234 e. The Balaban J connectivity index is 0.00000288. The number of nitrogens with one attached hydrogen (secondary N) is 2. The van der Waals surface area contributed by atoms with Crippen LogP contribution < -0.4 is 10.6 Å². The standard InChI is InChI=1S/C19H37N3O.ClH/c1-6-22(7-2)12-8-11-20-14-17(23)21-19(5)16-10-9-15(13-16)18(19,3)4;/h15-16,20H,6-14H2,1-5H3,(H,21,23);1H. The molecule has 142 valence electrons. The van der Waals surface area contributed by atoms with Gasteiger partial charge in [0, 0.05) is 5.54 Å². The van der Waals surface area contributed by atoms with E-state index in [9.17, 15) is 4.79 Å². The summed E-state index contributed by atoms with van der Waals surface area (Å²) in [6.07, 6.45) is 5.01. The van der Waals surface area contributed by atoms with Crippen molar-refractivity contribution in [3.8, 4) is 0 Å². The van der Waals surface area contributed by atoms with Gasteiger partial charge in [0.2, 0.25) is 5.91 Å². The highest BCUT2D eigenvalue weighted by Crippen LogP contribution is 2.61. The molecule has 3 unspecified atom stereocenters. The Kier molecular flexibility index (Phi) is 8.02. The molecule has 2 fully saturated rings. The minimum absolute atomic E-state index is 0. The quantitative estimate of drug-likeness (QED) is 0.622. The van der Waals surface area contributed by atoms with E-state index in [0.29, 0.717) is 12.5 Å². The molecule has 1 amide bonds. The average molecular weight is 360 g/mol. The molecule has 2 aliphatic rings. The van der Waals surface area contributed by atoms with Gasteiger partial charge >= 0.3 is 0 Å². The zero-order valence-corrected chi connectivity index (χ0v) is 17.1. The molecule has 0 heterocycles. The van der Waals surface area contributed by atoms with Crippen LogP contribution in [0.3, 0.4) is 0 Å².